The van der Waals surface area contributed by atoms with E-state index in [1.54, 1.807) is 0 Å². The van der Waals surface area contributed by atoms with Crippen LogP contribution in [-0.4, -0.2) is 12.3 Å². The Morgan fingerprint density at radius 3 is 2.25 bits per heavy atom. The van der Waals surface area contributed by atoms with Gasteiger partial charge in [0.25, 0.3) is 0 Å². The standard InChI is InChI=1S/C14H23NS/c1-5-16-14-8-6-13(7-9-14)12(4)15-10-11(2)3/h6-9,11-12,15H,5,10H2,1-4H3. The molecule has 2 heteroatoms. The van der Waals surface area contributed by atoms with E-state index < -0.39 is 0 Å². The summed E-state index contributed by atoms with van der Waals surface area (Å²) in [5.41, 5.74) is 1.38. The van der Waals surface area contributed by atoms with Crippen molar-refractivity contribution in [2.45, 2.75) is 38.6 Å². The lowest BCUT2D eigenvalue weighted by atomic mass is 10.1. The first kappa shape index (κ1) is 13.6. The number of hydrogen-bond acceptors (Lipinski definition) is 2. The average Bonchev–Trinajstić information content (AvgIpc) is 2.27. The molecular weight excluding hydrogens is 214 g/mol. The molecule has 0 saturated heterocycles. The highest BCUT2D eigenvalue weighted by molar-refractivity contribution is 7.99. The second kappa shape index (κ2) is 6.97. The monoisotopic (exact) mass is 237 g/mol. The number of hydrogen-bond donors (Lipinski definition) is 1. The highest BCUT2D eigenvalue weighted by Crippen LogP contribution is 2.20. The molecule has 0 aliphatic rings. The Kier molecular flexibility index (Phi) is 5.93. The van der Waals surface area contributed by atoms with E-state index in [9.17, 15) is 0 Å². The molecule has 1 N–H and O–H groups in total. The largest absolute Gasteiger partial charge is 0.310 e. The first-order valence-corrected chi connectivity index (χ1v) is 7.08. The van der Waals surface area contributed by atoms with Gasteiger partial charge in [0.2, 0.25) is 0 Å². The smallest absolute Gasteiger partial charge is 0.0291 e. The molecule has 1 aromatic rings. The number of thioether (sulfide) groups is 1. The molecule has 90 valence electrons. The maximum absolute atomic E-state index is 3.54. The van der Waals surface area contributed by atoms with E-state index in [-0.39, 0.29) is 0 Å². The minimum absolute atomic E-state index is 0.447. The summed E-state index contributed by atoms with van der Waals surface area (Å²) in [5.74, 6) is 1.85. The summed E-state index contributed by atoms with van der Waals surface area (Å²) in [7, 11) is 0. The molecule has 1 unspecified atom stereocenters. The minimum Gasteiger partial charge on any atom is -0.310 e. The summed E-state index contributed by atoms with van der Waals surface area (Å²) in [6, 6.07) is 9.35. The highest BCUT2D eigenvalue weighted by Gasteiger charge is 2.05. The van der Waals surface area contributed by atoms with Gasteiger partial charge in [0.05, 0.1) is 0 Å². The van der Waals surface area contributed by atoms with Crippen LogP contribution in [0.5, 0.6) is 0 Å². The van der Waals surface area contributed by atoms with Crippen molar-refractivity contribution >= 4 is 11.8 Å². The van der Waals surface area contributed by atoms with Crippen LogP contribution in [0.1, 0.15) is 39.3 Å². The maximum Gasteiger partial charge on any atom is 0.0291 e. The SMILES string of the molecule is CCSc1ccc(C(C)NCC(C)C)cc1. The van der Waals surface area contributed by atoms with Gasteiger partial charge in [-0.2, -0.15) is 0 Å². The molecule has 1 rings (SSSR count). The van der Waals surface area contributed by atoms with Crippen LogP contribution in [0.3, 0.4) is 0 Å². The zero-order valence-corrected chi connectivity index (χ0v) is 11.6. The van der Waals surface area contributed by atoms with Crippen molar-refractivity contribution in [3.63, 3.8) is 0 Å². The summed E-state index contributed by atoms with van der Waals surface area (Å²) < 4.78 is 0. The van der Waals surface area contributed by atoms with Crippen molar-refractivity contribution in [2.75, 3.05) is 12.3 Å². The van der Waals surface area contributed by atoms with Crippen LogP contribution < -0.4 is 5.32 Å². The molecule has 0 aliphatic carbocycles. The van der Waals surface area contributed by atoms with Crippen LogP contribution in [0.4, 0.5) is 0 Å². The molecule has 0 aliphatic heterocycles. The molecule has 0 fully saturated rings. The van der Waals surface area contributed by atoms with E-state index >= 15 is 0 Å². The Bertz CT molecular complexity index is 292. The van der Waals surface area contributed by atoms with Gasteiger partial charge in [-0.25, -0.2) is 0 Å². The van der Waals surface area contributed by atoms with Crippen LogP contribution in [0.15, 0.2) is 29.2 Å². The molecule has 1 aromatic carbocycles. The molecule has 0 heterocycles. The van der Waals surface area contributed by atoms with Crippen LogP contribution in [-0.2, 0) is 0 Å². The summed E-state index contributed by atoms with van der Waals surface area (Å²) in [6.07, 6.45) is 0. The number of rotatable bonds is 6. The average molecular weight is 237 g/mol. The fourth-order valence-electron chi connectivity index (χ4n) is 1.55. The summed E-state index contributed by atoms with van der Waals surface area (Å²) in [6.45, 7) is 9.96. The molecule has 0 amide bonds. The molecule has 16 heavy (non-hydrogen) atoms. The van der Waals surface area contributed by atoms with Gasteiger partial charge in [0, 0.05) is 10.9 Å². The topological polar surface area (TPSA) is 12.0 Å². The molecule has 1 nitrogen and oxygen atoms in total. The summed E-state index contributed by atoms with van der Waals surface area (Å²) in [4.78, 5) is 1.36. The fraction of sp³-hybridized carbons (Fsp3) is 0.571. The van der Waals surface area contributed by atoms with Crippen LogP contribution in [0.25, 0.3) is 0 Å². The molecule has 0 aromatic heterocycles. The van der Waals surface area contributed by atoms with E-state index in [0.717, 1.165) is 12.3 Å². The molecule has 0 saturated carbocycles. The molecule has 0 spiro atoms. The maximum atomic E-state index is 3.54. The van der Waals surface area contributed by atoms with Gasteiger partial charge in [-0.3, -0.25) is 0 Å². The van der Waals surface area contributed by atoms with Crippen molar-refractivity contribution in [1.29, 1.82) is 0 Å². The van der Waals surface area contributed by atoms with Gasteiger partial charge >= 0.3 is 0 Å². The molecule has 0 bridgehead atoms. The third-order valence-corrected chi connectivity index (χ3v) is 3.42. The van der Waals surface area contributed by atoms with E-state index in [0.29, 0.717) is 12.0 Å². The first-order chi connectivity index (χ1) is 7.63. The second-order valence-corrected chi connectivity index (χ2v) is 5.86. The normalized spacial score (nSPS) is 13.1. The lowest BCUT2D eigenvalue weighted by Gasteiger charge is -2.16. The van der Waals surface area contributed by atoms with Gasteiger partial charge in [-0.15, -0.1) is 11.8 Å². The van der Waals surface area contributed by atoms with Crippen molar-refractivity contribution in [2.24, 2.45) is 5.92 Å². The third kappa shape index (κ3) is 4.58. The third-order valence-electron chi connectivity index (χ3n) is 2.52. The Morgan fingerprint density at radius 2 is 1.75 bits per heavy atom. The van der Waals surface area contributed by atoms with E-state index in [2.05, 4.69) is 57.3 Å². The van der Waals surface area contributed by atoms with Crippen LogP contribution in [0, 0.1) is 5.92 Å². The predicted octanol–water partition coefficient (Wildman–Crippen LogP) is 4.11. The number of nitrogens with one attached hydrogen (secondary N) is 1. The highest BCUT2D eigenvalue weighted by atomic mass is 32.2. The van der Waals surface area contributed by atoms with Gasteiger partial charge < -0.3 is 5.32 Å². The lowest BCUT2D eigenvalue weighted by Crippen LogP contribution is -2.23. The fourth-order valence-corrected chi connectivity index (χ4v) is 2.21. The molecule has 0 radical (unpaired) electrons. The van der Waals surface area contributed by atoms with Crippen molar-refractivity contribution in [3.8, 4) is 0 Å². The van der Waals surface area contributed by atoms with Crippen molar-refractivity contribution in [1.82, 2.24) is 5.32 Å². The Morgan fingerprint density at radius 1 is 1.12 bits per heavy atom. The van der Waals surface area contributed by atoms with Gasteiger partial charge in [0.15, 0.2) is 0 Å². The van der Waals surface area contributed by atoms with E-state index in [4.69, 9.17) is 0 Å². The van der Waals surface area contributed by atoms with E-state index in [1.165, 1.54) is 10.5 Å². The van der Waals surface area contributed by atoms with Gasteiger partial charge in [-0.1, -0.05) is 32.9 Å². The second-order valence-electron chi connectivity index (χ2n) is 4.53. The summed E-state index contributed by atoms with van der Waals surface area (Å²) >= 11 is 1.89. The van der Waals surface area contributed by atoms with Gasteiger partial charge in [-0.05, 0) is 42.8 Å². The van der Waals surface area contributed by atoms with Crippen molar-refractivity contribution < 1.29 is 0 Å². The molecule has 1 atom stereocenters. The van der Waals surface area contributed by atoms with Crippen LogP contribution >= 0.6 is 11.8 Å². The quantitative estimate of drug-likeness (QED) is 0.747. The lowest BCUT2D eigenvalue weighted by molar-refractivity contribution is 0.496. The number of benzene rings is 1. The van der Waals surface area contributed by atoms with Crippen molar-refractivity contribution in [3.05, 3.63) is 29.8 Å². The Balaban J connectivity index is 2.52. The minimum atomic E-state index is 0.447. The zero-order valence-electron chi connectivity index (χ0n) is 10.8. The van der Waals surface area contributed by atoms with Crippen LogP contribution in [0.2, 0.25) is 0 Å². The van der Waals surface area contributed by atoms with E-state index in [1.807, 2.05) is 11.8 Å². The first-order valence-electron chi connectivity index (χ1n) is 6.09. The molecular formula is C14H23NS. The zero-order chi connectivity index (χ0) is 12.0. The Hall–Kier alpha value is -0.470. The van der Waals surface area contributed by atoms with Gasteiger partial charge in [0.1, 0.15) is 0 Å². The summed E-state index contributed by atoms with van der Waals surface area (Å²) in [5, 5.41) is 3.54. The predicted molar refractivity (Wildman–Crippen MR) is 74.1 cm³/mol. The Labute approximate surface area is 104 Å².